The fraction of sp³-hybridized carbons (Fsp3) is 0.346. The summed E-state index contributed by atoms with van der Waals surface area (Å²) in [5.41, 5.74) is 3.16. The van der Waals surface area contributed by atoms with Gasteiger partial charge in [-0.05, 0) is 55.3 Å². The number of hydrogen-bond acceptors (Lipinski definition) is 3. The standard InChI is InChI=1S/C26H31ClN4O2/c1-6-18-8-10-19(11-9-18)25(33)30(7-2)17-24(32)28-23-16-22(26(3,4)5)29-31(23)21-14-12-20(27)13-15-21/h8-16H,6-7,17H2,1-5H3,(H,28,32). The van der Waals surface area contributed by atoms with E-state index in [0.717, 1.165) is 23.4 Å². The van der Waals surface area contributed by atoms with Gasteiger partial charge in [0.25, 0.3) is 5.91 Å². The molecule has 3 aromatic rings. The number of hydrogen-bond donors (Lipinski definition) is 1. The molecule has 2 aromatic carbocycles. The number of carbonyl (C=O) groups excluding carboxylic acids is 2. The highest BCUT2D eigenvalue weighted by Gasteiger charge is 2.23. The van der Waals surface area contributed by atoms with Crippen LogP contribution in [0.3, 0.4) is 0 Å². The molecule has 0 aliphatic heterocycles. The van der Waals surface area contributed by atoms with Crippen molar-refractivity contribution < 1.29 is 9.59 Å². The van der Waals surface area contributed by atoms with Gasteiger partial charge in [-0.25, -0.2) is 4.68 Å². The highest BCUT2D eigenvalue weighted by molar-refractivity contribution is 6.30. The topological polar surface area (TPSA) is 67.2 Å². The molecule has 174 valence electrons. The van der Waals surface area contributed by atoms with Gasteiger partial charge in [0.05, 0.1) is 11.4 Å². The second kappa shape index (κ2) is 10.2. The normalized spacial score (nSPS) is 11.3. The molecule has 2 amide bonds. The van der Waals surface area contributed by atoms with Gasteiger partial charge in [0, 0.05) is 28.6 Å². The molecule has 0 aliphatic carbocycles. The third kappa shape index (κ3) is 6.02. The van der Waals surface area contributed by atoms with Crippen LogP contribution in [0.4, 0.5) is 5.82 Å². The van der Waals surface area contributed by atoms with E-state index in [2.05, 4.69) is 33.0 Å². The van der Waals surface area contributed by atoms with E-state index in [9.17, 15) is 9.59 Å². The third-order valence-corrected chi connectivity index (χ3v) is 5.68. The van der Waals surface area contributed by atoms with Gasteiger partial charge in [-0.1, -0.05) is 51.4 Å². The number of amides is 2. The Morgan fingerprint density at radius 1 is 1.03 bits per heavy atom. The first-order valence-electron chi connectivity index (χ1n) is 11.2. The SMILES string of the molecule is CCc1ccc(C(=O)N(CC)CC(=O)Nc2cc(C(C)(C)C)nn2-c2ccc(Cl)cc2)cc1. The maximum atomic E-state index is 12.9. The zero-order chi connectivity index (χ0) is 24.2. The van der Waals surface area contributed by atoms with E-state index in [1.165, 1.54) is 4.90 Å². The predicted octanol–water partition coefficient (Wildman–Crippen LogP) is 5.49. The Morgan fingerprint density at radius 3 is 2.21 bits per heavy atom. The first-order chi connectivity index (χ1) is 15.6. The van der Waals surface area contributed by atoms with Gasteiger partial charge in [0.2, 0.25) is 5.91 Å². The van der Waals surface area contributed by atoms with Gasteiger partial charge in [-0.15, -0.1) is 0 Å². The van der Waals surface area contributed by atoms with Gasteiger partial charge >= 0.3 is 0 Å². The number of halogens is 1. The molecule has 0 radical (unpaired) electrons. The highest BCUT2D eigenvalue weighted by atomic mass is 35.5. The number of nitrogens with zero attached hydrogens (tertiary/aromatic N) is 3. The van der Waals surface area contributed by atoms with Gasteiger partial charge in [-0.2, -0.15) is 5.10 Å². The minimum Gasteiger partial charge on any atom is -0.330 e. The average molecular weight is 467 g/mol. The first kappa shape index (κ1) is 24.5. The van der Waals surface area contributed by atoms with Crippen LogP contribution < -0.4 is 5.32 Å². The molecule has 1 aromatic heterocycles. The summed E-state index contributed by atoms with van der Waals surface area (Å²) in [4.78, 5) is 27.4. The lowest BCUT2D eigenvalue weighted by molar-refractivity contribution is -0.116. The molecule has 0 unspecified atom stereocenters. The summed E-state index contributed by atoms with van der Waals surface area (Å²) < 4.78 is 1.69. The van der Waals surface area contributed by atoms with Crippen LogP contribution in [0.25, 0.3) is 5.69 Å². The van der Waals surface area contributed by atoms with E-state index < -0.39 is 0 Å². The van der Waals surface area contributed by atoms with Gasteiger partial charge in [0.15, 0.2) is 0 Å². The van der Waals surface area contributed by atoms with Crippen LogP contribution in [0.15, 0.2) is 54.6 Å². The Bertz CT molecular complexity index is 1110. The number of aromatic nitrogens is 2. The fourth-order valence-corrected chi connectivity index (χ4v) is 3.49. The van der Waals surface area contributed by atoms with Crippen molar-refractivity contribution in [2.24, 2.45) is 0 Å². The number of nitrogens with one attached hydrogen (secondary N) is 1. The largest absolute Gasteiger partial charge is 0.330 e. The van der Waals surface area contributed by atoms with E-state index in [-0.39, 0.29) is 23.8 Å². The van der Waals surface area contributed by atoms with Crippen LogP contribution in [0.1, 0.15) is 56.2 Å². The average Bonchev–Trinajstić information content (AvgIpc) is 3.21. The molecular weight excluding hydrogens is 436 g/mol. The zero-order valence-corrected chi connectivity index (χ0v) is 20.6. The summed E-state index contributed by atoms with van der Waals surface area (Å²) in [6.45, 7) is 10.5. The predicted molar refractivity (Wildman–Crippen MR) is 133 cm³/mol. The zero-order valence-electron chi connectivity index (χ0n) is 19.9. The highest BCUT2D eigenvalue weighted by Crippen LogP contribution is 2.27. The smallest absolute Gasteiger partial charge is 0.254 e. The van der Waals surface area contributed by atoms with Crippen LogP contribution in [-0.4, -0.2) is 39.6 Å². The minimum atomic E-state index is -0.286. The molecule has 33 heavy (non-hydrogen) atoms. The lowest BCUT2D eigenvalue weighted by Gasteiger charge is -2.20. The molecule has 0 saturated carbocycles. The van der Waals surface area contributed by atoms with Crippen LogP contribution in [-0.2, 0) is 16.6 Å². The van der Waals surface area contributed by atoms with Crippen molar-refractivity contribution in [2.75, 3.05) is 18.4 Å². The first-order valence-corrected chi connectivity index (χ1v) is 11.5. The maximum absolute atomic E-state index is 12.9. The Kier molecular flexibility index (Phi) is 7.59. The third-order valence-electron chi connectivity index (χ3n) is 5.43. The molecule has 0 aliphatic rings. The Hall–Kier alpha value is -3.12. The molecular formula is C26H31ClN4O2. The molecule has 0 saturated heterocycles. The van der Waals surface area contributed by atoms with Crippen molar-refractivity contribution >= 4 is 29.2 Å². The Balaban J connectivity index is 1.81. The second-order valence-corrected chi connectivity index (χ2v) is 9.41. The second-order valence-electron chi connectivity index (χ2n) is 8.97. The molecule has 7 heteroatoms. The monoisotopic (exact) mass is 466 g/mol. The number of rotatable bonds is 7. The molecule has 0 fully saturated rings. The molecule has 0 atom stereocenters. The van der Waals surface area contributed by atoms with E-state index in [4.69, 9.17) is 16.7 Å². The van der Waals surface area contributed by atoms with Crippen molar-refractivity contribution in [3.8, 4) is 5.69 Å². The van der Waals surface area contributed by atoms with Crippen molar-refractivity contribution in [1.82, 2.24) is 14.7 Å². The quantitative estimate of drug-likeness (QED) is 0.500. The van der Waals surface area contributed by atoms with Gasteiger partial charge in [0.1, 0.15) is 12.4 Å². The number of anilines is 1. The molecule has 1 N–H and O–H groups in total. The number of carbonyl (C=O) groups is 2. The maximum Gasteiger partial charge on any atom is 0.254 e. The lowest BCUT2D eigenvalue weighted by atomic mass is 9.92. The van der Waals surface area contributed by atoms with E-state index >= 15 is 0 Å². The summed E-state index contributed by atoms with van der Waals surface area (Å²) in [7, 11) is 0. The van der Waals surface area contributed by atoms with Crippen LogP contribution in [0, 0.1) is 0 Å². The van der Waals surface area contributed by atoms with Crippen molar-refractivity contribution in [3.05, 3.63) is 76.4 Å². The number of benzene rings is 2. The molecule has 0 bridgehead atoms. The summed E-state index contributed by atoms with van der Waals surface area (Å²) in [6.07, 6.45) is 0.909. The van der Waals surface area contributed by atoms with E-state index in [1.807, 2.05) is 49.4 Å². The summed E-state index contributed by atoms with van der Waals surface area (Å²) in [5.74, 6) is 0.0888. The van der Waals surface area contributed by atoms with Crippen molar-refractivity contribution in [1.29, 1.82) is 0 Å². The lowest BCUT2D eigenvalue weighted by Crippen LogP contribution is -2.38. The van der Waals surface area contributed by atoms with Crippen LogP contribution in [0.2, 0.25) is 5.02 Å². The van der Waals surface area contributed by atoms with Gasteiger partial charge in [-0.3, -0.25) is 9.59 Å². The molecule has 6 nitrogen and oxygen atoms in total. The summed E-state index contributed by atoms with van der Waals surface area (Å²) in [5, 5.41) is 8.27. The number of likely N-dealkylation sites (N-methyl/N-ethyl adjacent to an activating group) is 1. The van der Waals surface area contributed by atoms with Crippen molar-refractivity contribution in [2.45, 2.75) is 46.5 Å². The Morgan fingerprint density at radius 2 is 1.67 bits per heavy atom. The van der Waals surface area contributed by atoms with Crippen LogP contribution in [0.5, 0.6) is 0 Å². The van der Waals surface area contributed by atoms with Crippen molar-refractivity contribution in [3.63, 3.8) is 0 Å². The Labute approximate surface area is 200 Å². The van der Waals surface area contributed by atoms with E-state index in [0.29, 0.717) is 22.9 Å². The van der Waals surface area contributed by atoms with Crippen LogP contribution >= 0.6 is 11.6 Å². The van der Waals surface area contributed by atoms with E-state index in [1.54, 1.807) is 16.8 Å². The summed E-state index contributed by atoms with van der Waals surface area (Å²) in [6, 6.07) is 16.6. The molecule has 3 rings (SSSR count). The molecule has 0 spiro atoms. The summed E-state index contributed by atoms with van der Waals surface area (Å²) >= 11 is 6.03. The number of aryl methyl sites for hydroxylation is 1. The van der Waals surface area contributed by atoms with Gasteiger partial charge < -0.3 is 10.2 Å². The molecule has 1 heterocycles. The minimum absolute atomic E-state index is 0.0541. The fourth-order valence-electron chi connectivity index (χ4n) is 3.36.